The second kappa shape index (κ2) is 24.7. The van der Waals surface area contributed by atoms with Crippen molar-refractivity contribution in [2.75, 3.05) is 39.6 Å². The van der Waals surface area contributed by atoms with Gasteiger partial charge in [-0.3, -0.25) is 4.79 Å². The molecule has 0 bridgehead atoms. The van der Waals surface area contributed by atoms with Crippen molar-refractivity contribution < 1.29 is 154 Å². The minimum absolute atomic E-state index is 0.760. The van der Waals surface area contributed by atoms with Crippen LogP contribution in [-0.4, -0.2) is 327 Å². The lowest BCUT2D eigenvalue weighted by Gasteiger charge is -2.50. The molecule has 0 aromatic carbocycles. The molecule has 1 amide bonds. The summed E-state index contributed by atoms with van der Waals surface area (Å²) in [7, 11) is 0. The van der Waals surface area contributed by atoms with E-state index in [1.54, 1.807) is 0 Å². The normalized spacial score (nSPS) is 51.5. The highest BCUT2D eigenvalue weighted by Crippen LogP contribution is 2.36. The smallest absolute Gasteiger partial charge is 0.217 e. The first-order valence-electron chi connectivity index (χ1n) is 22.1. The molecule has 30 atom stereocenters. The molecule has 0 saturated carbocycles. The minimum atomic E-state index is -2.28. The van der Waals surface area contributed by atoms with Crippen LogP contribution in [0, 0.1) is 0 Å². The Bertz CT molecular complexity index is 1630. The number of rotatable bonds is 17. The molecule has 408 valence electrons. The second-order valence-electron chi connectivity index (χ2n) is 17.6. The Morgan fingerprint density at radius 3 is 1.24 bits per heavy atom. The molecule has 6 rings (SSSR count). The fourth-order valence-corrected chi connectivity index (χ4v) is 8.69. The Morgan fingerprint density at radius 1 is 0.371 bits per heavy atom. The van der Waals surface area contributed by atoms with Crippen molar-refractivity contribution >= 4 is 5.91 Å². The number of nitrogens with one attached hydrogen (secondary N) is 1. The van der Waals surface area contributed by atoms with Gasteiger partial charge in [0, 0.05) is 6.92 Å². The number of carbonyl (C=O) groups is 1. The monoisotopic (exact) mass is 1030 g/mol. The molecule has 70 heavy (non-hydrogen) atoms. The predicted molar refractivity (Wildman–Crippen MR) is 211 cm³/mol. The van der Waals surface area contributed by atoms with Gasteiger partial charge < -0.3 is 154 Å². The molecule has 32 nitrogen and oxygen atoms in total. The number of ether oxygens (including phenoxy) is 11. The van der Waals surface area contributed by atoms with Crippen LogP contribution in [0.15, 0.2) is 0 Å². The molecule has 6 aliphatic heterocycles. The van der Waals surface area contributed by atoms with Crippen molar-refractivity contribution in [3.05, 3.63) is 0 Å². The summed E-state index contributed by atoms with van der Waals surface area (Å²) in [5, 5.41) is 204. The Hall–Kier alpha value is -1.73. The maximum absolute atomic E-state index is 12.0. The lowest BCUT2D eigenvalue weighted by Crippen LogP contribution is -2.69. The van der Waals surface area contributed by atoms with Crippen molar-refractivity contribution in [2.24, 2.45) is 0 Å². The van der Waals surface area contributed by atoms with Crippen molar-refractivity contribution in [3.63, 3.8) is 0 Å². The van der Waals surface area contributed by atoms with Gasteiger partial charge in [0.1, 0.15) is 146 Å². The molecule has 6 saturated heterocycles. The van der Waals surface area contributed by atoms with Crippen LogP contribution in [0.5, 0.6) is 0 Å². The van der Waals surface area contributed by atoms with Crippen LogP contribution in [-0.2, 0) is 56.9 Å². The minimum Gasteiger partial charge on any atom is -0.394 e. The molecule has 0 radical (unpaired) electrons. The summed E-state index contributed by atoms with van der Waals surface area (Å²) in [6, 6.07) is -1.62. The Balaban J connectivity index is 1.26. The van der Waals surface area contributed by atoms with Crippen molar-refractivity contribution in [1.29, 1.82) is 0 Å². The summed E-state index contributed by atoms with van der Waals surface area (Å²) in [5.74, 6) is -0.760. The van der Waals surface area contributed by atoms with E-state index in [-0.39, 0.29) is 0 Å². The van der Waals surface area contributed by atoms with E-state index in [9.17, 15) is 102 Å². The maximum atomic E-state index is 12.0. The number of aliphatic hydroxyl groups is 19. The first kappa shape index (κ1) is 57.5. The summed E-state index contributed by atoms with van der Waals surface area (Å²) in [4.78, 5) is 12.0. The molecular formula is C38H65NO31. The average molecular weight is 1030 g/mol. The Kier molecular flexibility index (Phi) is 20.3. The molecule has 6 fully saturated rings. The largest absolute Gasteiger partial charge is 0.394 e. The zero-order valence-electron chi connectivity index (χ0n) is 37.0. The van der Waals surface area contributed by atoms with Crippen LogP contribution in [0.2, 0.25) is 0 Å². The number of hydrogen-bond donors (Lipinski definition) is 20. The molecular weight excluding hydrogens is 966 g/mol. The molecule has 20 N–H and O–H groups in total. The molecule has 6 heterocycles. The zero-order valence-corrected chi connectivity index (χ0v) is 37.0. The van der Waals surface area contributed by atoms with E-state index in [0.717, 1.165) is 6.92 Å². The average Bonchev–Trinajstić information content (AvgIpc) is 3.33. The Labute approximate surface area is 395 Å². The topological polar surface area (TPSA) is 515 Å². The van der Waals surface area contributed by atoms with Crippen molar-refractivity contribution in [2.45, 2.75) is 191 Å². The third-order valence-electron chi connectivity index (χ3n) is 12.8. The van der Waals surface area contributed by atoms with Gasteiger partial charge in [0.25, 0.3) is 0 Å². The van der Waals surface area contributed by atoms with E-state index >= 15 is 0 Å². The van der Waals surface area contributed by atoms with E-state index in [1.807, 2.05) is 0 Å². The first-order valence-corrected chi connectivity index (χ1v) is 22.1. The highest BCUT2D eigenvalue weighted by atomic mass is 16.8. The van der Waals surface area contributed by atoms with E-state index in [4.69, 9.17) is 52.1 Å². The third kappa shape index (κ3) is 12.2. The van der Waals surface area contributed by atoms with Gasteiger partial charge >= 0.3 is 0 Å². The molecule has 0 aromatic rings. The summed E-state index contributed by atoms with van der Waals surface area (Å²) in [6.45, 7) is -4.40. The van der Waals surface area contributed by atoms with Crippen LogP contribution < -0.4 is 5.32 Å². The van der Waals surface area contributed by atoms with Gasteiger partial charge in [-0.2, -0.15) is 0 Å². The summed E-state index contributed by atoms with van der Waals surface area (Å²) < 4.78 is 61.8. The van der Waals surface area contributed by atoms with Gasteiger partial charge in [0.05, 0.1) is 39.6 Å². The zero-order chi connectivity index (χ0) is 51.6. The molecule has 0 aliphatic carbocycles. The van der Waals surface area contributed by atoms with E-state index in [2.05, 4.69) is 5.32 Å². The molecule has 0 aromatic heterocycles. The number of aliphatic hydroxyl groups excluding tert-OH is 19. The van der Waals surface area contributed by atoms with E-state index in [1.165, 1.54) is 0 Å². The quantitative estimate of drug-likeness (QED) is 0.0643. The lowest BCUT2D eigenvalue weighted by molar-refractivity contribution is -0.396. The van der Waals surface area contributed by atoms with Gasteiger partial charge in [-0.25, -0.2) is 0 Å². The van der Waals surface area contributed by atoms with Crippen LogP contribution in [0.4, 0.5) is 0 Å². The van der Waals surface area contributed by atoms with E-state index in [0.29, 0.717) is 0 Å². The van der Waals surface area contributed by atoms with Crippen LogP contribution in [0.25, 0.3) is 0 Å². The van der Waals surface area contributed by atoms with Crippen LogP contribution >= 0.6 is 0 Å². The summed E-state index contributed by atoms with van der Waals surface area (Å²) in [5.41, 5.74) is 0. The van der Waals surface area contributed by atoms with E-state index < -0.39 is 230 Å². The summed E-state index contributed by atoms with van der Waals surface area (Å²) >= 11 is 0. The molecule has 32 heteroatoms. The number of amides is 1. The van der Waals surface area contributed by atoms with Gasteiger partial charge in [0.15, 0.2) is 37.7 Å². The van der Waals surface area contributed by atoms with Crippen LogP contribution in [0.3, 0.4) is 0 Å². The van der Waals surface area contributed by atoms with Crippen LogP contribution in [0.1, 0.15) is 6.92 Å². The highest BCUT2D eigenvalue weighted by Gasteiger charge is 2.57. The van der Waals surface area contributed by atoms with Crippen molar-refractivity contribution in [1.82, 2.24) is 5.32 Å². The number of hydrogen-bond acceptors (Lipinski definition) is 31. The van der Waals surface area contributed by atoms with Gasteiger partial charge in [-0.15, -0.1) is 0 Å². The third-order valence-corrected chi connectivity index (χ3v) is 12.8. The SMILES string of the molecule is CC(=O)N[C@@H]1[C@@H](O)[C@H](O[C@@H]2O[C@H](CO[C@H]3O[C@H](CO[C@H]4O[C@H](CO)[C@@H](O)[C@H](O)[C@@H]4O)[C@@H](O)[C@H](O)[C@@H]3O)[C@@H](O)[C@H](O[C@H]3O[C@H](CO)[C@@H](O)[C@H](O)[C@@H]3O[C@H]3O[C@H](CO)[C@@H](O)[C@H](O)[C@@H]3O)[C@@H]2O)[C@@H](CO)O[C@H]1O. The standard InChI is InChI=1S/C38H65NO31/c1-8(44)39-15-21(50)30(12(5-43)62-33(15)59)68-37-29(58)31(69-38-32(25(54)18(47)11(4-42)65-38)70-36-28(57)23(52)17(46)10(3-41)64-36)20(49)14(67-37)7-61-35-27(56)24(53)19(48)13(66-35)6-60-34-26(55)22(51)16(45)9(2-40)63-34/h9-38,40-43,45-59H,2-7H2,1H3,(H,39,44)/t9-,10-,11-,12-,13-,14-,15-,16-,17-,18-,19-,20-,21-,22+,23+,24+,25+,26+,27+,28+,29+,30-,31+,32+,33-,34+,35+,36-,37+,38-/m1/s1. The molecule has 6 aliphatic rings. The number of carbonyl (C=O) groups excluding carboxylic acids is 1. The predicted octanol–water partition coefficient (Wildman–Crippen LogP) is -14.0. The fourth-order valence-electron chi connectivity index (χ4n) is 8.69. The fraction of sp³-hybridized carbons (Fsp3) is 0.974. The lowest BCUT2D eigenvalue weighted by atomic mass is 9.95. The summed E-state index contributed by atoms with van der Waals surface area (Å²) in [6.07, 6.45) is -55.8. The molecule has 0 unspecified atom stereocenters. The van der Waals surface area contributed by atoms with Crippen molar-refractivity contribution in [3.8, 4) is 0 Å². The first-order chi connectivity index (χ1) is 33.1. The Morgan fingerprint density at radius 2 is 0.743 bits per heavy atom. The van der Waals surface area contributed by atoms with Gasteiger partial charge in [0.2, 0.25) is 5.91 Å². The highest BCUT2D eigenvalue weighted by molar-refractivity contribution is 5.73. The van der Waals surface area contributed by atoms with Gasteiger partial charge in [-0.1, -0.05) is 0 Å². The second-order valence-corrected chi connectivity index (χ2v) is 17.6. The molecule has 0 spiro atoms. The van der Waals surface area contributed by atoms with Gasteiger partial charge in [-0.05, 0) is 0 Å². The maximum Gasteiger partial charge on any atom is 0.217 e.